The van der Waals surface area contributed by atoms with Gasteiger partial charge in [-0.3, -0.25) is 0 Å². The summed E-state index contributed by atoms with van der Waals surface area (Å²) in [6.45, 7) is 0. The lowest BCUT2D eigenvalue weighted by atomic mass is 9.67. The van der Waals surface area contributed by atoms with E-state index in [1.54, 1.807) is 0 Å². The lowest BCUT2D eigenvalue weighted by molar-refractivity contribution is 0.767. The van der Waals surface area contributed by atoms with Crippen LogP contribution in [0.5, 0.6) is 0 Å². The molecule has 2 nitrogen and oxygen atoms in total. The molecular formula is C69H46N2. The van der Waals surface area contributed by atoms with Gasteiger partial charge < -0.3 is 9.47 Å². The Morgan fingerprint density at radius 3 is 1.56 bits per heavy atom. The zero-order valence-electron chi connectivity index (χ0n) is 39.0. The number of aromatic nitrogens is 1. The van der Waals surface area contributed by atoms with Crippen LogP contribution < -0.4 is 4.90 Å². The van der Waals surface area contributed by atoms with Crippen LogP contribution in [-0.4, -0.2) is 4.57 Å². The summed E-state index contributed by atoms with van der Waals surface area (Å²) in [6, 6.07) is 103. The van der Waals surface area contributed by atoms with E-state index in [0.29, 0.717) is 0 Å². The summed E-state index contributed by atoms with van der Waals surface area (Å²) in [7, 11) is 0. The fourth-order valence-electron chi connectivity index (χ4n) is 11.9. The molecule has 12 aromatic carbocycles. The number of hydrogen-bond donors (Lipinski definition) is 0. The van der Waals surface area contributed by atoms with Crippen LogP contribution in [0, 0.1) is 0 Å². The third-order valence-corrected chi connectivity index (χ3v) is 15.0. The molecule has 0 radical (unpaired) electrons. The summed E-state index contributed by atoms with van der Waals surface area (Å²) in [5.74, 6) is 0. The van der Waals surface area contributed by atoms with Crippen molar-refractivity contribution in [2.45, 2.75) is 5.41 Å². The van der Waals surface area contributed by atoms with Crippen molar-refractivity contribution in [2.24, 2.45) is 0 Å². The van der Waals surface area contributed by atoms with E-state index in [1.807, 2.05) is 0 Å². The van der Waals surface area contributed by atoms with Crippen molar-refractivity contribution in [1.29, 1.82) is 0 Å². The van der Waals surface area contributed by atoms with E-state index >= 15 is 0 Å². The standard InChI is InChI=1S/C69H46N2/c1-4-23-52(24-5-1)69(53-25-6-2-7-26-53)64-33-17-16-32-60(64)61-42-40-56(46-65(61)69)71-67-45-51(37-41-62(67)63-43-49-20-10-11-21-50(49)44-68(63)71)58-30-15-14-29-57(58)48-35-38-55(39-36-48)70(54-27-8-3-9-28-54)66-34-18-22-47-19-12-13-31-59(47)66/h1-46H. The van der Waals surface area contributed by atoms with Gasteiger partial charge in [0.2, 0.25) is 0 Å². The van der Waals surface area contributed by atoms with Gasteiger partial charge in [-0.05, 0) is 132 Å². The Balaban J connectivity index is 0.948. The van der Waals surface area contributed by atoms with Gasteiger partial charge in [0.05, 0.1) is 22.1 Å². The van der Waals surface area contributed by atoms with Crippen molar-refractivity contribution in [2.75, 3.05) is 4.90 Å². The van der Waals surface area contributed by atoms with E-state index in [1.165, 1.54) is 99.0 Å². The van der Waals surface area contributed by atoms with E-state index in [9.17, 15) is 0 Å². The monoisotopic (exact) mass is 902 g/mol. The molecule has 1 aliphatic carbocycles. The van der Waals surface area contributed by atoms with Crippen LogP contribution in [0.25, 0.3) is 82.4 Å². The molecule has 1 aromatic heterocycles. The number of para-hydroxylation sites is 1. The Morgan fingerprint density at radius 1 is 0.296 bits per heavy atom. The topological polar surface area (TPSA) is 8.17 Å². The molecule has 332 valence electrons. The van der Waals surface area contributed by atoms with Gasteiger partial charge in [0.25, 0.3) is 0 Å². The van der Waals surface area contributed by atoms with Crippen LogP contribution in [0.15, 0.2) is 279 Å². The second-order valence-corrected chi connectivity index (χ2v) is 18.8. The first-order valence-corrected chi connectivity index (χ1v) is 24.6. The lowest BCUT2D eigenvalue weighted by Crippen LogP contribution is -2.28. The van der Waals surface area contributed by atoms with Crippen molar-refractivity contribution in [3.05, 3.63) is 301 Å². The molecule has 0 bridgehead atoms. The summed E-state index contributed by atoms with van der Waals surface area (Å²) < 4.78 is 2.52. The molecule has 14 rings (SSSR count). The number of rotatable bonds is 8. The Morgan fingerprint density at radius 2 is 0.831 bits per heavy atom. The maximum absolute atomic E-state index is 2.52. The van der Waals surface area contributed by atoms with Gasteiger partial charge in [0, 0.05) is 33.2 Å². The highest BCUT2D eigenvalue weighted by molar-refractivity contribution is 6.14. The molecule has 0 amide bonds. The molecule has 0 atom stereocenters. The first-order valence-electron chi connectivity index (χ1n) is 24.6. The average molecular weight is 903 g/mol. The minimum absolute atomic E-state index is 0.511. The van der Waals surface area contributed by atoms with Crippen LogP contribution in [0.4, 0.5) is 17.1 Å². The van der Waals surface area contributed by atoms with Crippen molar-refractivity contribution in [3.63, 3.8) is 0 Å². The van der Waals surface area contributed by atoms with Crippen LogP contribution in [0.2, 0.25) is 0 Å². The fourth-order valence-corrected chi connectivity index (χ4v) is 11.9. The highest BCUT2D eigenvalue weighted by Gasteiger charge is 2.46. The van der Waals surface area contributed by atoms with Gasteiger partial charge >= 0.3 is 0 Å². The van der Waals surface area contributed by atoms with Crippen molar-refractivity contribution in [1.82, 2.24) is 4.57 Å². The molecule has 0 saturated carbocycles. The minimum Gasteiger partial charge on any atom is -0.310 e. The Kier molecular flexibility index (Phi) is 9.47. The number of fused-ring (bicyclic) bond motifs is 8. The first kappa shape index (κ1) is 40.8. The normalized spacial score (nSPS) is 12.6. The maximum atomic E-state index is 2.52. The number of benzene rings is 12. The predicted molar refractivity (Wildman–Crippen MR) is 299 cm³/mol. The SMILES string of the molecule is c1ccc(N(c2ccc(-c3ccccc3-c3ccc4c5cc6ccccc6cc5n(-c5ccc6c(c5)C(c5ccccc5)(c5ccccc5)c5ccccc5-6)c4c3)cc2)c2cccc3ccccc23)cc1. The van der Waals surface area contributed by atoms with Crippen molar-refractivity contribution < 1.29 is 0 Å². The van der Waals surface area contributed by atoms with Crippen LogP contribution in [0.1, 0.15) is 22.3 Å². The third-order valence-electron chi connectivity index (χ3n) is 15.0. The zero-order valence-corrected chi connectivity index (χ0v) is 39.0. The van der Waals surface area contributed by atoms with E-state index in [4.69, 9.17) is 0 Å². The van der Waals surface area contributed by atoms with Gasteiger partial charge in [0.1, 0.15) is 0 Å². The van der Waals surface area contributed by atoms with E-state index in [0.717, 1.165) is 22.7 Å². The van der Waals surface area contributed by atoms with E-state index in [2.05, 4.69) is 289 Å². The van der Waals surface area contributed by atoms with Crippen LogP contribution >= 0.6 is 0 Å². The van der Waals surface area contributed by atoms with Crippen molar-refractivity contribution in [3.8, 4) is 39.1 Å². The molecule has 71 heavy (non-hydrogen) atoms. The molecule has 0 fully saturated rings. The highest BCUT2D eigenvalue weighted by Crippen LogP contribution is 2.57. The van der Waals surface area contributed by atoms with Gasteiger partial charge in [-0.1, -0.05) is 218 Å². The van der Waals surface area contributed by atoms with Gasteiger partial charge in [-0.25, -0.2) is 0 Å². The van der Waals surface area contributed by atoms with Crippen molar-refractivity contribution >= 4 is 60.4 Å². The van der Waals surface area contributed by atoms with E-state index in [-0.39, 0.29) is 0 Å². The van der Waals surface area contributed by atoms with E-state index < -0.39 is 5.41 Å². The van der Waals surface area contributed by atoms with Gasteiger partial charge in [0.15, 0.2) is 0 Å². The lowest BCUT2D eigenvalue weighted by Gasteiger charge is -2.34. The molecule has 0 spiro atoms. The number of anilines is 3. The molecule has 0 unspecified atom stereocenters. The summed E-state index contributed by atoms with van der Waals surface area (Å²) >= 11 is 0. The van der Waals surface area contributed by atoms with Crippen LogP contribution in [0.3, 0.4) is 0 Å². The molecule has 1 heterocycles. The smallest absolute Gasteiger partial charge is 0.0714 e. The average Bonchev–Trinajstić information content (AvgIpc) is 3.92. The van der Waals surface area contributed by atoms with Gasteiger partial charge in [-0.2, -0.15) is 0 Å². The molecule has 0 aliphatic heterocycles. The Hall–Kier alpha value is -9.24. The largest absolute Gasteiger partial charge is 0.310 e. The quantitative estimate of drug-likeness (QED) is 0.147. The Labute approximate surface area is 413 Å². The molecule has 13 aromatic rings. The number of hydrogen-bond acceptors (Lipinski definition) is 1. The highest BCUT2D eigenvalue weighted by atomic mass is 15.1. The maximum Gasteiger partial charge on any atom is 0.0714 e. The molecule has 2 heteroatoms. The van der Waals surface area contributed by atoms with Gasteiger partial charge in [-0.15, -0.1) is 0 Å². The summed E-state index contributed by atoms with van der Waals surface area (Å²) in [5, 5.41) is 7.36. The fraction of sp³-hybridized carbons (Fsp3) is 0.0145. The second-order valence-electron chi connectivity index (χ2n) is 18.8. The molecule has 1 aliphatic rings. The third kappa shape index (κ3) is 6.42. The summed E-state index contributed by atoms with van der Waals surface area (Å²) in [5.41, 5.74) is 18.8. The zero-order chi connectivity index (χ0) is 46.9. The molecule has 0 N–H and O–H groups in total. The summed E-state index contributed by atoms with van der Waals surface area (Å²) in [6.07, 6.45) is 0. The first-order chi connectivity index (χ1) is 35.2. The second kappa shape index (κ2) is 16.5. The number of nitrogens with zero attached hydrogens (tertiary/aromatic N) is 2. The molecule has 0 saturated heterocycles. The van der Waals surface area contributed by atoms with Crippen LogP contribution in [-0.2, 0) is 5.41 Å². The molecular weight excluding hydrogens is 857 g/mol. The minimum atomic E-state index is -0.511. The predicted octanol–water partition coefficient (Wildman–Crippen LogP) is 18.3. The summed E-state index contributed by atoms with van der Waals surface area (Å²) in [4.78, 5) is 2.37. The Bertz CT molecular complexity index is 4110.